The highest BCUT2D eigenvalue weighted by atomic mass is 32.1. The molecule has 0 unspecified atom stereocenters. The summed E-state index contributed by atoms with van der Waals surface area (Å²) in [5.41, 5.74) is 2.28. The van der Waals surface area contributed by atoms with E-state index in [9.17, 15) is 10.2 Å². The fourth-order valence-electron chi connectivity index (χ4n) is 4.11. The lowest BCUT2D eigenvalue weighted by molar-refractivity contribution is 0.133. The molecule has 4 rings (SSSR count). The Hall–Kier alpha value is -2.75. The maximum atomic E-state index is 10.5. The normalized spacial score (nSPS) is 15.2. The summed E-state index contributed by atoms with van der Waals surface area (Å²) in [5.74, 6) is 1.45. The van der Waals surface area contributed by atoms with Gasteiger partial charge in [-0.3, -0.25) is 9.47 Å². The van der Waals surface area contributed by atoms with E-state index in [-0.39, 0.29) is 17.4 Å². The third kappa shape index (κ3) is 5.65. The van der Waals surface area contributed by atoms with Crippen LogP contribution in [-0.2, 0) is 6.54 Å². The Morgan fingerprint density at radius 3 is 2.38 bits per heavy atom. The van der Waals surface area contributed by atoms with Crippen molar-refractivity contribution in [2.75, 3.05) is 46.4 Å². The SMILES string of the molecule is CC(C)c1cc(-c2nnc(S)n2Cc2ccc(OCCN3CCN(C)CC3)cc2)c(O)cc1O. The van der Waals surface area contributed by atoms with Crippen molar-refractivity contribution in [3.8, 4) is 28.6 Å². The molecule has 0 atom stereocenters. The van der Waals surface area contributed by atoms with Crippen LogP contribution in [0.3, 0.4) is 0 Å². The number of aromatic nitrogens is 3. The number of piperazine rings is 1. The molecule has 1 aromatic heterocycles. The summed E-state index contributed by atoms with van der Waals surface area (Å²) in [7, 11) is 2.16. The number of hydrogen-bond acceptors (Lipinski definition) is 8. The lowest BCUT2D eigenvalue weighted by Gasteiger charge is -2.32. The van der Waals surface area contributed by atoms with Gasteiger partial charge in [0.25, 0.3) is 0 Å². The summed E-state index contributed by atoms with van der Waals surface area (Å²) in [6.07, 6.45) is 0. The number of phenols is 2. The smallest absolute Gasteiger partial charge is 0.188 e. The number of phenolic OH excluding ortho intramolecular Hbond substituents is 2. The molecule has 0 radical (unpaired) electrons. The van der Waals surface area contributed by atoms with Crippen molar-refractivity contribution in [1.29, 1.82) is 0 Å². The minimum Gasteiger partial charge on any atom is -0.508 e. The first-order chi connectivity index (χ1) is 16.3. The van der Waals surface area contributed by atoms with Crippen molar-refractivity contribution in [1.82, 2.24) is 24.6 Å². The van der Waals surface area contributed by atoms with Gasteiger partial charge in [0.2, 0.25) is 0 Å². The van der Waals surface area contributed by atoms with Gasteiger partial charge in [-0.2, -0.15) is 0 Å². The van der Waals surface area contributed by atoms with Gasteiger partial charge in [0.05, 0.1) is 12.1 Å². The van der Waals surface area contributed by atoms with Crippen LogP contribution in [0, 0.1) is 0 Å². The van der Waals surface area contributed by atoms with Gasteiger partial charge >= 0.3 is 0 Å². The first-order valence-corrected chi connectivity index (χ1v) is 12.1. The standard InChI is InChI=1S/C25H33N5O3S/c1-17(2)20-14-21(23(32)15-22(20)31)24-26-27-25(34)30(24)16-18-4-6-19(7-5-18)33-13-12-29-10-8-28(3)9-11-29/h4-7,14-15,17,31-32H,8-13,16H2,1-3H3,(H,27,34). The summed E-state index contributed by atoms with van der Waals surface area (Å²) in [6, 6.07) is 11.1. The number of ether oxygens (including phenoxy) is 1. The minimum absolute atomic E-state index is 0.0482. The molecule has 182 valence electrons. The summed E-state index contributed by atoms with van der Waals surface area (Å²) in [6.45, 7) is 10.4. The maximum Gasteiger partial charge on any atom is 0.188 e. The van der Waals surface area contributed by atoms with Crippen LogP contribution in [0.1, 0.15) is 30.9 Å². The second kappa shape index (κ2) is 10.7. The summed E-state index contributed by atoms with van der Waals surface area (Å²) in [4.78, 5) is 4.78. The Kier molecular flexibility index (Phi) is 7.65. The molecule has 2 N–H and O–H groups in total. The van der Waals surface area contributed by atoms with Crippen LogP contribution in [0.5, 0.6) is 17.2 Å². The average molecular weight is 484 g/mol. The molecule has 1 saturated heterocycles. The zero-order valence-electron chi connectivity index (χ0n) is 20.0. The molecular formula is C25H33N5O3S. The molecule has 9 heteroatoms. The molecule has 2 aromatic carbocycles. The van der Waals surface area contributed by atoms with Crippen LogP contribution in [0.4, 0.5) is 0 Å². The van der Waals surface area contributed by atoms with E-state index >= 15 is 0 Å². The molecule has 0 aliphatic carbocycles. The van der Waals surface area contributed by atoms with Gasteiger partial charge in [0.1, 0.15) is 23.9 Å². The van der Waals surface area contributed by atoms with Crippen LogP contribution >= 0.6 is 12.6 Å². The summed E-state index contributed by atoms with van der Waals surface area (Å²) < 4.78 is 7.78. The monoisotopic (exact) mass is 483 g/mol. The van der Waals surface area contributed by atoms with Gasteiger partial charge < -0.3 is 19.8 Å². The fourth-order valence-corrected chi connectivity index (χ4v) is 4.32. The molecule has 0 amide bonds. The Morgan fingerprint density at radius 2 is 1.71 bits per heavy atom. The number of likely N-dealkylation sites (N-methyl/N-ethyl adjacent to an activating group) is 1. The Morgan fingerprint density at radius 1 is 1.00 bits per heavy atom. The van der Waals surface area contributed by atoms with E-state index < -0.39 is 0 Å². The largest absolute Gasteiger partial charge is 0.508 e. The molecule has 8 nitrogen and oxygen atoms in total. The molecular weight excluding hydrogens is 450 g/mol. The number of aromatic hydroxyl groups is 2. The molecule has 3 aromatic rings. The average Bonchev–Trinajstić information content (AvgIpc) is 3.16. The molecule has 34 heavy (non-hydrogen) atoms. The van der Waals surface area contributed by atoms with Crippen LogP contribution < -0.4 is 4.74 Å². The van der Waals surface area contributed by atoms with Crippen molar-refractivity contribution >= 4 is 12.6 Å². The predicted molar refractivity (Wildman–Crippen MR) is 135 cm³/mol. The number of hydrogen-bond donors (Lipinski definition) is 3. The van der Waals surface area contributed by atoms with E-state index in [1.54, 1.807) is 6.07 Å². The fraction of sp³-hybridized carbons (Fsp3) is 0.440. The quantitative estimate of drug-likeness (QED) is 0.423. The first kappa shape index (κ1) is 24.4. The molecule has 1 aliphatic heterocycles. The van der Waals surface area contributed by atoms with Gasteiger partial charge in [0, 0.05) is 38.8 Å². The Bertz CT molecular complexity index is 1110. The van der Waals surface area contributed by atoms with Gasteiger partial charge in [-0.1, -0.05) is 26.0 Å². The van der Waals surface area contributed by atoms with Crippen LogP contribution in [0.15, 0.2) is 41.6 Å². The van der Waals surface area contributed by atoms with E-state index in [2.05, 4.69) is 39.7 Å². The van der Waals surface area contributed by atoms with Crippen molar-refractivity contribution in [3.05, 3.63) is 47.5 Å². The molecule has 0 spiro atoms. The Labute approximate surface area is 206 Å². The second-order valence-electron chi connectivity index (χ2n) is 9.13. The lowest BCUT2D eigenvalue weighted by atomic mass is 9.98. The van der Waals surface area contributed by atoms with Gasteiger partial charge in [-0.25, -0.2) is 0 Å². The first-order valence-electron chi connectivity index (χ1n) is 11.6. The highest BCUT2D eigenvalue weighted by Gasteiger charge is 2.19. The van der Waals surface area contributed by atoms with E-state index in [1.807, 2.05) is 42.7 Å². The van der Waals surface area contributed by atoms with Crippen LogP contribution in [0.25, 0.3) is 11.4 Å². The van der Waals surface area contributed by atoms with Gasteiger partial charge in [0.15, 0.2) is 11.0 Å². The maximum absolute atomic E-state index is 10.5. The van der Waals surface area contributed by atoms with Crippen molar-refractivity contribution in [2.24, 2.45) is 0 Å². The second-order valence-corrected chi connectivity index (χ2v) is 9.53. The zero-order chi connectivity index (χ0) is 24.2. The molecule has 1 fully saturated rings. The van der Waals surface area contributed by atoms with Crippen molar-refractivity contribution < 1.29 is 14.9 Å². The highest BCUT2D eigenvalue weighted by Crippen LogP contribution is 2.37. The van der Waals surface area contributed by atoms with Gasteiger partial charge in [-0.05, 0) is 42.3 Å². The molecule has 0 bridgehead atoms. The zero-order valence-corrected chi connectivity index (χ0v) is 20.9. The van der Waals surface area contributed by atoms with Crippen LogP contribution in [-0.4, -0.2) is 81.2 Å². The topological polar surface area (TPSA) is 86.9 Å². The predicted octanol–water partition coefficient (Wildman–Crippen LogP) is 3.44. The van der Waals surface area contributed by atoms with Crippen LogP contribution in [0.2, 0.25) is 0 Å². The summed E-state index contributed by atoms with van der Waals surface area (Å²) in [5, 5.41) is 29.5. The van der Waals surface area contributed by atoms with E-state index in [0.29, 0.717) is 29.7 Å². The third-order valence-corrected chi connectivity index (χ3v) is 6.61. The number of rotatable bonds is 8. The minimum atomic E-state index is -0.0482. The van der Waals surface area contributed by atoms with E-state index in [4.69, 9.17) is 4.74 Å². The van der Waals surface area contributed by atoms with E-state index in [0.717, 1.165) is 49.6 Å². The highest BCUT2D eigenvalue weighted by molar-refractivity contribution is 7.80. The van der Waals surface area contributed by atoms with Crippen molar-refractivity contribution in [3.63, 3.8) is 0 Å². The van der Waals surface area contributed by atoms with Crippen molar-refractivity contribution in [2.45, 2.75) is 31.5 Å². The molecule has 0 saturated carbocycles. The summed E-state index contributed by atoms with van der Waals surface area (Å²) >= 11 is 4.47. The van der Waals surface area contributed by atoms with E-state index in [1.165, 1.54) is 6.07 Å². The molecule has 2 heterocycles. The number of nitrogens with zero attached hydrogens (tertiary/aromatic N) is 5. The Balaban J connectivity index is 1.43. The lowest BCUT2D eigenvalue weighted by Crippen LogP contribution is -2.45. The third-order valence-electron chi connectivity index (χ3n) is 6.28. The number of benzene rings is 2. The molecule has 1 aliphatic rings. The van der Waals surface area contributed by atoms with Gasteiger partial charge in [-0.15, -0.1) is 22.8 Å². The number of thiol groups is 1.